The number of hydrogen-bond acceptors (Lipinski definition) is 6. The van der Waals surface area contributed by atoms with Crippen LogP contribution >= 0.6 is 11.3 Å². The summed E-state index contributed by atoms with van der Waals surface area (Å²) in [6.45, 7) is 4.40. The van der Waals surface area contributed by atoms with E-state index in [-0.39, 0.29) is 5.91 Å². The first-order valence-electron chi connectivity index (χ1n) is 11.6. The van der Waals surface area contributed by atoms with Gasteiger partial charge in [-0.3, -0.25) is 9.69 Å². The van der Waals surface area contributed by atoms with E-state index in [1.807, 2.05) is 47.7 Å². The van der Waals surface area contributed by atoms with Crippen molar-refractivity contribution in [3.63, 3.8) is 0 Å². The number of fused-ring (bicyclic) bond motifs is 2. The molecule has 6 rings (SSSR count). The monoisotopic (exact) mass is 471 g/mol. The summed E-state index contributed by atoms with van der Waals surface area (Å²) >= 11 is 1.86. The van der Waals surface area contributed by atoms with Crippen LogP contribution in [-0.2, 0) is 26.1 Å². The van der Waals surface area contributed by atoms with E-state index < -0.39 is 0 Å². The van der Waals surface area contributed by atoms with Crippen molar-refractivity contribution >= 4 is 17.2 Å². The highest BCUT2D eigenvalue weighted by atomic mass is 32.1. The number of aromatic nitrogens is 1. The Labute approximate surface area is 202 Å². The number of carbonyl (C=O) groups excluding carboxylic acids is 1. The fourth-order valence-corrected chi connectivity index (χ4v) is 5.59. The molecule has 0 fully saturated rings. The average molecular weight is 472 g/mol. The lowest BCUT2D eigenvalue weighted by Crippen LogP contribution is -2.32. The summed E-state index contributed by atoms with van der Waals surface area (Å²) in [5.41, 5.74) is 4.94. The average Bonchev–Trinajstić information content (AvgIpc) is 3.50. The van der Waals surface area contributed by atoms with E-state index in [2.05, 4.69) is 33.6 Å². The summed E-state index contributed by atoms with van der Waals surface area (Å²) in [7, 11) is 0. The number of ether oxygens (including phenoxy) is 1. The van der Waals surface area contributed by atoms with Crippen LogP contribution in [0.4, 0.5) is 0 Å². The van der Waals surface area contributed by atoms with E-state index in [1.54, 1.807) is 11.0 Å². The number of nitrogens with zero attached hydrogens (tertiary/aromatic N) is 3. The highest BCUT2D eigenvalue weighted by molar-refractivity contribution is 7.10. The maximum atomic E-state index is 13.2. The molecule has 1 amide bonds. The molecule has 0 aliphatic carbocycles. The molecule has 2 aromatic heterocycles. The van der Waals surface area contributed by atoms with Gasteiger partial charge in [0.05, 0.1) is 6.54 Å². The van der Waals surface area contributed by atoms with Crippen LogP contribution in [0, 0.1) is 0 Å². The largest absolute Gasteiger partial charge is 0.491 e. The van der Waals surface area contributed by atoms with Gasteiger partial charge in [0.25, 0.3) is 5.91 Å². The number of amides is 1. The normalized spacial score (nSPS) is 15.8. The molecule has 0 unspecified atom stereocenters. The molecule has 172 valence electrons. The number of hydrogen-bond donors (Lipinski definition) is 0. The van der Waals surface area contributed by atoms with Gasteiger partial charge in [-0.25, -0.2) is 0 Å². The zero-order chi connectivity index (χ0) is 22.9. The second-order valence-corrected chi connectivity index (χ2v) is 9.79. The molecule has 0 bridgehead atoms. The van der Waals surface area contributed by atoms with Gasteiger partial charge < -0.3 is 14.2 Å². The Morgan fingerprint density at radius 1 is 1.00 bits per heavy atom. The maximum Gasteiger partial charge on any atom is 0.276 e. The molecule has 0 radical (unpaired) electrons. The van der Waals surface area contributed by atoms with Crippen LogP contribution in [-0.4, -0.2) is 40.6 Å². The topological polar surface area (TPSA) is 58.8 Å². The van der Waals surface area contributed by atoms with Crippen LogP contribution < -0.4 is 4.74 Å². The molecule has 0 saturated heterocycles. The van der Waals surface area contributed by atoms with E-state index in [1.165, 1.54) is 16.0 Å². The van der Waals surface area contributed by atoms with Crippen molar-refractivity contribution in [2.75, 3.05) is 19.7 Å². The first-order chi connectivity index (χ1) is 16.7. The molecule has 4 aromatic rings. The lowest BCUT2D eigenvalue weighted by atomic mass is 10.1. The van der Waals surface area contributed by atoms with Crippen molar-refractivity contribution in [3.05, 3.63) is 93.3 Å². The standard InChI is InChI=1S/C27H25N3O3S/c31-27(23-15-25(33-28-23)20-4-2-1-3-5-20)30-11-12-32-24-7-6-19(14-22(24)18-30)16-29-10-8-26-21(17-29)9-13-34-26/h1-7,9,13-15H,8,10-12,16-18H2. The number of carbonyl (C=O) groups is 1. The highest BCUT2D eigenvalue weighted by Crippen LogP contribution is 2.29. The summed E-state index contributed by atoms with van der Waals surface area (Å²) in [6, 6.07) is 20.0. The number of thiophene rings is 1. The molecule has 4 heterocycles. The molecule has 0 saturated carbocycles. The molecule has 6 nitrogen and oxygen atoms in total. The SMILES string of the molecule is O=C(c1cc(-c2ccccc2)on1)N1CCOc2ccc(CN3CCc4sccc4C3)cc2C1. The summed E-state index contributed by atoms with van der Waals surface area (Å²) in [4.78, 5) is 19.0. The fourth-order valence-electron chi connectivity index (χ4n) is 4.70. The third-order valence-electron chi connectivity index (χ3n) is 6.47. The molecule has 0 spiro atoms. The predicted octanol–water partition coefficient (Wildman–Crippen LogP) is 5.00. The van der Waals surface area contributed by atoms with Crippen molar-refractivity contribution in [2.45, 2.75) is 26.1 Å². The summed E-state index contributed by atoms with van der Waals surface area (Å²) < 4.78 is 11.4. The fraction of sp³-hybridized carbons (Fsp3) is 0.259. The molecular weight excluding hydrogens is 446 g/mol. The Hall–Kier alpha value is -3.42. The van der Waals surface area contributed by atoms with Crippen LogP contribution in [0.1, 0.15) is 32.1 Å². The Kier molecular flexibility index (Phi) is 5.65. The Balaban J connectivity index is 1.18. The lowest BCUT2D eigenvalue weighted by Gasteiger charge is -2.27. The second-order valence-electron chi connectivity index (χ2n) is 8.79. The number of benzene rings is 2. The molecule has 2 aliphatic rings. The van der Waals surface area contributed by atoms with Crippen molar-refractivity contribution in [3.8, 4) is 17.1 Å². The van der Waals surface area contributed by atoms with E-state index in [0.29, 0.717) is 31.2 Å². The van der Waals surface area contributed by atoms with Crippen molar-refractivity contribution in [1.82, 2.24) is 15.0 Å². The lowest BCUT2D eigenvalue weighted by molar-refractivity contribution is 0.0723. The Morgan fingerprint density at radius 3 is 2.82 bits per heavy atom. The van der Waals surface area contributed by atoms with Gasteiger partial charge in [0.2, 0.25) is 0 Å². The zero-order valence-electron chi connectivity index (χ0n) is 18.8. The van der Waals surface area contributed by atoms with E-state index in [0.717, 1.165) is 42.9 Å². The van der Waals surface area contributed by atoms with Gasteiger partial charge in [-0.05, 0) is 41.1 Å². The molecule has 2 aliphatic heterocycles. The van der Waals surface area contributed by atoms with Crippen LogP contribution in [0.15, 0.2) is 70.6 Å². The molecule has 0 N–H and O–H groups in total. The van der Waals surface area contributed by atoms with Gasteiger partial charge in [0.1, 0.15) is 12.4 Å². The molecule has 2 aromatic carbocycles. The van der Waals surface area contributed by atoms with Gasteiger partial charge in [-0.2, -0.15) is 0 Å². The Bertz CT molecular complexity index is 1310. The van der Waals surface area contributed by atoms with Crippen molar-refractivity contribution < 1.29 is 14.1 Å². The van der Waals surface area contributed by atoms with E-state index in [9.17, 15) is 4.79 Å². The van der Waals surface area contributed by atoms with E-state index >= 15 is 0 Å². The summed E-state index contributed by atoms with van der Waals surface area (Å²) in [5, 5.41) is 6.24. The van der Waals surface area contributed by atoms with Crippen LogP contribution in [0.5, 0.6) is 5.75 Å². The molecule has 7 heteroatoms. The molecule has 34 heavy (non-hydrogen) atoms. The van der Waals surface area contributed by atoms with Crippen LogP contribution in [0.3, 0.4) is 0 Å². The van der Waals surface area contributed by atoms with Crippen molar-refractivity contribution in [1.29, 1.82) is 0 Å². The first kappa shape index (κ1) is 21.1. The molecule has 0 atom stereocenters. The third-order valence-corrected chi connectivity index (χ3v) is 7.50. The van der Waals surface area contributed by atoms with E-state index in [4.69, 9.17) is 9.26 Å². The minimum absolute atomic E-state index is 0.145. The predicted molar refractivity (Wildman–Crippen MR) is 131 cm³/mol. The summed E-state index contributed by atoms with van der Waals surface area (Å²) in [6.07, 6.45) is 1.12. The van der Waals surface area contributed by atoms with Crippen molar-refractivity contribution in [2.24, 2.45) is 0 Å². The van der Waals surface area contributed by atoms with Gasteiger partial charge in [-0.1, -0.05) is 41.6 Å². The van der Waals surface area contributed by atoms with Gasteiger partial charge in [0, 0.05) is 48.2 Å². The van der Waals surface area contributed by atoms with Crippen LogP contribution in [0.25, 0.3) is 11.3 Å². The molecular formula is C27H25N3O3S. The Morgan fingerprint density at radius 2 is 1.91 bits per heavy atom. The van der Waals surface area contributed by atoms with Gasteiger partial charge in [0.15, 0.2) is 11.5 Å². The first-order valence-corrected chi connectivity index (χ1v) is 12.4. The second kappa shape index (κ2) is 9.08. The van der Waals surface area contributed by atoms with Crippen LogP contribution in [0.2, 0.25) is 0 Å². The maximum absolute atomic E-state index is 13.2. The quantitative estimate of drug-likeness (QED) is 0.419. The number of rotatable bonds is 4. The van der Waals surface area contributed by atoms with Gasteiger partial charge in [-0.15, -0.1) is 11.3 Å². The zero-order valence-corrected chi connectivity index (χ0v) is 19.6. The minimum Gasteiger partial charge on any atom is -0.491 e. The minimum atomic E-state index is -0.145. The van der Waals surface area contributed by atoms with Gasteiger partial charge >= 0.3 is 0 Å². The smallest absolute Gasteiger partial charge is 0.276 e. The third kappa shape index (κ3) is 4.24. The summed E-state index contributed by atoms with van der Waals surface area (Å²) in [5.74, 6) is 1.30. The highest BCUT2D eigenvalue weighted by Gasteiger charge is 2.25.